The number of aromatic nitrogens is 4. The molecule has 204 valence electrons. The van der Waals surface area contributed by atoms with E-state index in [0.29, 0.717) is 32.1 Å². The van der Waals surface area contributed by atoms with Crippen molar-refractivity contribution < 1.29 is 14.2 Å². The van der Waals surface area contributed by atoms with E-state index in [9.17, 15) is 0 Å². The molecule has 0 bridgehead atoms. The first-order valence-electron chi connectivity index (χ1n) is 13.2. The number of hydrogen-bond acceptors (Lipinski definition) is 7. The summed E-state index contributed by atoms with van der Waals surface area (Å²) in [5, 5.41) is 15.4. The molecular weight excluding hydrogens is 520 g/mol. The van der Waals surface area contributed by atoms with Gasteiger partial charge in [0.2, 0.25) is 0 Å². The van der Waals surface area contributed by atoms with E-state index in [4.69, 9.17) is 14.2 Å². The zero-order chi connectivity index (χ0) is 27.9. The number of H-pyrrole nitrogens is 1. The number of rotatable bonds is 11. The van der Waals surface area contributed by atoms with Crippen molar-refractivity contribution in [2.45, 2.75) is 39.7 Å². The Hall–Kier alpha value is -4.19. The van der Waals surface area contributed by atoms with Crippen LogP contribution in [0.3, 0.4) is 0 Å². The molecule has 2 aromatic heterocycles. The number of tetrazole rings is 1. The second-order valence-electron chi connectivity index (χ2n) is 9.54. The van der Waals surface area contributed by atoms with E-state index in [1.165, 1.54) is 31.7 Å². The van der Waals surface area contributed by atoms with Gasteiger partial charge in [-0.05, 0) is 89.8 Å². The van der Waals surface area contributed by atoms with Crippen molar-refractivity contribution >= 4 is 21.4 Å². The maximum absolute atomic E-state index is 6.18. The molecule has 0 aliphatic heterocycles. The molecule has 2 heterocycles. The van der Waals surface area contributed by atoms with Gasteiger partial charge in [-0.2, -0.15) is 0 Å². The van der Waals surface area contributed by atoms with Crippen LogP contribution in [0.5, 0.6) is 11.5 Å². The van der Waals surface area contributed by atoms with Crippen LogP contribution in [-0.4, -0.2) is 40.9 Å². The summed E-state index contributed by atoms with van der Waals surface area (Å²) in [6.45, 7) is 7.76. The first-order chi connectivity index (χ1) is 19.6. The van der Waals surface area contributed by atoms with E-state index in [1.807, 2.05) is 36.5 Å². The molecule has 5 aromatic rings. The van der Waals surface area contributed by atoms with Crippen molar-refractivity contribution in [1.82, 2.24) is 20.6 Å². The van der Waals surface area contributed by atoms with Crippen LogP contribution in [-0.2, 0) is 17.8 Å². The summed E-state index contributed by atoms with van der Waals surface area (Å²) in [5.74, 6) is 8.66. The molecule has 0 saturated heterocycles. The van der Waals surface area contributed by atoms with Crippen LogP contribution >= 0.6 is 11.3 Å². The minimum Gasteiger partial charge on any atom is -0.491 e. The molecule has 40 heavy (non-hydrogen) atoms. The fourth-order valence-corrected chi connectivity index (χ4v) is 5.85. The minimum absolute atomic E-state index is 0.00546. The lowest BCUT2D eigenvalue weighted by Gasteiger charge is -2.12. The van der Waals surface area contributed by atoms with Crippen LogP contribution in [0, 0.1) is 25.7 Å². The molecule has 8 heteroatoms. The number of aromatic amines is 1. The van der Waals surface area contributed by atoms with Crippen molar-refractivity contribution in [3.8, 4) is 34.5 Å². The zero-order valence-corrected chi connectivity index (χ0v) is 24.0. The van der Waals surface area contributed by atoms with Gasteiger partial charge in [-0.25, -0.2) is 5.10 Å². The smallest absolute Gasteiger partial charge is 0.150 e. The summed E-state index contributed by atoms with van der Waals surface area (Å²) in [6.07, 6.45) is 0.624. The molecule has 7 nitrogen and oxygen atoms in total. The average molecular weight is 553 g/mol. The molecule has 0 fully saturated rings. The number of aryl methyl sites for hydroxylation is 2. The highest BCUT2D eigenvalue weighted by Crippen LogP contribution is 2.41. The number of nitrogens with one attached hydrogen (secondary N) is 1. The summed E-state index contributed by atoms with van der Waals surface area (Å²) in [5.41, 5.74) is 5.91. The number of ether oxygens (including phenoxy) is 3. The Kier molecular flexibility index (Phi) is 8.74. The molecule has 1 atom stereocenters. The predicted octanol–water partition coefficient (Wildman–Crippen LogP) is 6.65. The van der Waals surface area contributed by atoms with Crippen molar-refractivity contribution in [2.75, 3.05) is 20.3 Å². The van der Waals surface area contributed by atoms with Gasteiger partial charge in [0.15, 0.2) is 0 Å². The van der Waals surface area contributed by atoms with Gasteiger partial charge >= 0.3 is 0 Å². The maximum atomic E-state index is 6.18. The minimum atomic E-state index is 0.00546. The van der Waals surface area contributed by atoms with E-state index in [1.54, 1.807) is 7.11 Å². The highest BCUT2D eigenvalue weighted by molar-refractivity contribution is 7.19. The van der Waals surface area contributed by atoms with Gasteiger partial charge in [0.25, 0.3) is 0 Å². The molecule has 3 aromatic carbocycles. The number of fused-ring (bicyclic) bond motifs is 1. The van der Waals surface area contributed by atoms with Gasteiger partial charge in [0.05, 0.1) is 12.5 Å². The second kappa shape index (κ2) is 12.8. The van der Waals surface area contributed by atoms with Crippen LogP contribution in [0.15, 0.2) is 60.7 Å². The molecule has 0 spiro atoms. The Morgan fingerprint density at radius 1 is 0.950 bits per heavy atom. The third kappa shape index (κ3) is 6.33. The quantitative estimate of drug-likeness (QED) is 0.146. The number of nitrogens with zero attached hydrogens (tertiary/aromatic N) is 3. The zero-order valence-electron chi connectivity index (χ0n) is 23.2. The van der Waals surface area contributed by atoms with E-state index in [2.05, 4.69) is 88.8 Å². The highest BCUT2D eigenvalue weighted by atomic mass is 32.1. The number of thiophene rings is 1. The molecule has 0 unspecified atom stereocenters. The second-order valence-corrected chi connectivity index (χ2v) is 10.8. The number of benzene rings is 3. The number of hydrogen-bond donors (Lipinski definition) is 1. The lowest BCUT2D eigenvalue weighted by molar-refractivity contribution is 0.146. The summed E-state index contributed by atoms with van der Waals surface area (Å²) in [7, 11) is 1.68. The summed E-state index contributed by atoms with van der Waals surface area (Å²) < 4.78 is 18.4. The summed E-state index contributed by atoms with van der Waals surface area (Å²) in [6, 6.07) is 21.0. The van der Waals surface area contributed by atoms with E-state index < -0.39 is 0 Å². The topological polar surface area (TPSA) is 82.2 Å². The van der Waals surface area contributed by atoms with Gasteiger partial charge in [-0.3, -0.25) is 0 Å². The standard InChI is InChI=1S/C32H32N4O3S/c1-5-6-25(19-31-33-35-36-34-31)24-8-10-26(11-9-24)39-20-23-7-14-30-29(18-23)32(22(3)40-30)28-13-12-27(17-21(28)2)38-16-15-37-4/h7-14,17-18,25H,15-16,19-20H2,1-4H3,(H,33,34,35,36)/t25-/m0/s1. The van der Waals surface area contributed by atoms with Crippen molar-refractivity contribution in [3.05, 3.63) is 88.1 Å². The molecule has 5 rings (SSSR count). The molecule has 0 amide bonds. The normalized spacial score (nSPS) is 11.7. The molecule has 0 radical (unpaired) electrons. The van der Waals surface area contributed by atoms with Crippen LogP contribution in [0.25, 0.3) is 21.2 Å². The molecule has 0 aliphatic carbocycles. The lowest BCUT2D eigenvalue weighted by Crippen LogP contribution is -2.04. The maximum Gasteiger partial charge on any atom is 0.150 e. The van der Waals surface area contributed by atoms with Crippen LogP contribution in [0.2, 0.25) is 0 Å². The van der Waals surface area contributed by atoms with Crippen LogP contribution < -0.4 is 9.47 Å². The van der Waals surface area contributed by atoms with Crippen molar-refractivity contribution in [3.63, 3.8) is 0 Å². The highest BCUT2D eigenvalue weighted by Gasteiger charge is 2.15. The van der Waals surface area contributed by atoms with E-state index >= 15 is 0 Å². The van der Waals surface area contributed by atoms with Gasteiger partial charge < -0.3 is 14.2 Å². The Labute approximate surface area is 238 Å². The number of methoxy groups -OCH3 is 1. The monoisotopic (exact) mass is 552 g/mol. The predicted molar refractivity (Wildman–Crippen MR) is 159 cm³/mol. The Morgan fingerprint density at radius 3 is 2.50 bits per heavy atom. The fraction of sp³-hybridized carbons (Fsp3) is 0.281. The van der Waals surface area contributed by atoms with Gasteiger partial charge in [0.1, 0.15) is 30.5 Å². The summed E-state index contributed by atoms with van der Waals surface area (Å²) >= 11 is 1.82. The fourth-order valence-electron chi connectivity index (χ4n) is 4.79. The van der Waals surface area contributed by atoms with Crippen LogP contribution in [0.1, 0.15) is 40.2 Å². The largest absolute Gasteiger partial charge is 0.491 e. The Bertz CT molecular complexity index is 1630. The van der Waals surface area contributed by atoms with Crippen molar-refractivity contribution in [2.24, 2.45) is 0 Å². The van der Waals surface area contributed by atoms with Crippen molar-refractivity contribution in [1.29, 1.82) is 0 Å². The lowest BCUT2D eigenvalue weighted by atomic mass is 9.96. The SMILES string of the molecule is CC#C[C@@H](Cc1nnn[nH]1)c1ccc(OCc2ccc3sc(C)c(-c4ccc(OCCOC)cc4C)c3c2)cc1. The molecule has 1 N–H and O–H groups in total. The first-order valence-corrected chi connectivity index (χ1v) is 14.0. The van der Waals surface area contributed by atoms with Gasteiger partial charge in [0, 0.05) is 34.1 Å². The first kappa shape index (κ1) is 27.4. The van der Waals surface area contributed by atoms with E-state index in [0.717, 1.165) is 22.6 Å². The molecular formula is C32H32N4O3S. The Morgan fingerprint density at radius 2 is 1.77 bits per heavy atom. The molecule has 0 saturated carbocycles. The summed E-state index contributed by atoms with van der Waals surface area (Å²) in [4.78, 5) is 1.30. The average Bonchev–Trinajstić information content (AvgIpc) is 3.59. The third-order valence-electron chi connectivity index (χ3n) is 6.75. The van der Waals surface area contributed by atoms with E-state index in [-0.39, 0.29) is 5.92 Å². The van der Waals surface area contributed by atoms with Gasteiger partial charge in [-0.15, -0.1) is 22.4 Å². The third-order valence-corrected chi connectivity index (χ3v) is 7.83. The molecule has 0 aliphatic rings. The Balaban J connectivity index is 1.31. The van der Waals surface area contributed by atoms with Crippen LogP contribution in [0.4, 0.5) is 0 Å². The van der Waals surface area contributed by atoms with Gasteiger partial charge in [-0.1, -0.05) is 30.2 Å².